The quantitative estimate of drug-likeness (QED) is 0.856. The van der Waals surface area contributed by atoms with E-state index in [-0.39, 0.29) is 4.21 Å². The molecule has 4 nitrogen and oxygen atoms in total. The number of sulfonamides is 1. The molecule has 0 fully saturated rings. The second-order valence-corrected chi connectivity index (χ2v) is 7.34. The van der Waals surface area contributed by atoms with Crippen molar-refractivity contribution in [2.24, 2.45) is 0 Å². The number of aryl methyl sites for hydroxylation is 1. The molecular formula is C11H11ClN2O2S2. The van der Waals surface area contributed by atoms with Crippen molar-refractivity contribution in [1.82, 2.24) is 0 Å². The number of hydrogen-bond donors (Lipinski definition) is 2. The van der Waals surface area contributed by atoms with E-state index in [4.69, 9.17) is 17.3 Å². The number of thiophene rings is 1. The van der Waals surface area contributed by atoms with Crippen LogP contribution < -0.4 is 10.5 Å². The van der Waals surface area contributed by atoms with Crippen LogP contribution in [0.5, 0.6) is 0 Å². The van der Waals surface area contributed by atoms with Gasteiger partial charge in [-0.1, -0.05) is 11.6 Å². The maximum Gasteiger partial charge on any atom is 0.271 e. The second kappa shape index (κ2) is 4.79. The van der Waals surface area contributed by atoms with Crippen LogP contribution in [0.25, 0.3) is 0 Å². The topological polar surface area (TPSA) is 72.2 Å². The summed E-state index contributed by atoms with van der Waals surface area (Å²) in [6.07, 6.45) is 0. The minimum Gasteiger partial charge on any atom is -0.397 e. The molecule has 0 saturated carbocycles. The first-order valence-corrected chi connectivity index (χ1v) is 7.70. The average Bonchev–Trinajstić information content (AvgIpc) is 2.70. The van der Waals surface area contributed by atoms with Gasteiger partial charge in [0.25, 0.3) is 10.0 Å². The van der Waals surface area contributed by atoms with Gasteiger partial charge in [-0.3, -0.25) is 4.72 Å². The van der Waals surface area contributed by atoms with Crippen molar-refractivity contribution in [3.63, 3.8) is 0 Å². The van der Waals surface area contributed by atoms with Crippen molar-refractivity contribution in [3.05, 3.63) is 40.2 Å². The zero-order valence-corrected chi connectivity index (χ0v) is 11.9. The van der Waals surface area contributed by atoms with Crippen LogP contribution in [0.4, 0.5) is 11.4 Å². The maximum absolute atomic E-state index is 12.1. The van der Waals surface area contributed by atoms with E-state index in [2.05, 4.69) is 4.72 Å². The molecule has 0 bridgehead atoms. The Hall–Kier alpha value is -1.24. The Morgan fingerprint density at radius 2 is 2.00 bits per heavy atom. The third kappa shape index (κ3) is 2.77. The summed E-state index contributed by atoms with van der Waals surface area (Å²) in [5.41, 5.74) is 6.32. The zero-order chi connectivity index (χ0) is 13.3. The molecule has 0 aliphatic carbocycles. The van der Waals surface area contributed by atoms with Gasteiger partial charge >= 0.3 is 0 Å². The highest BCUT2D eigenvalue weighted by molar-refractivity contribution is 7.94. The van der Waals surface area contributed by atoms with Crippen molar-refractivity contribution < 1.29 is 8.42 Å². The van der Waals surface area contributed by atoms with Gasteiger partial charge in [-0.25, -0.2) is 8.42 Å². The highest BCUT2D eigenvalue weighted by atomic mass is 35.5. The number of rotatable bonds is 3. The fraction of sp³-hybridized carbons (Fsp3) is 0.0909. The summed E-state index contributed by atoms with van der Waals surface area (Å²) in [7, 11) is -3.58. The lowest BCUT2D eigenvalue weighted by atomic mass is 10.3. The van der Waals surface area contributed by atoms with Gasteiger partial charge in [-0.2, -0.15) is 0 Å². The molecule has 1 heterocycles. The molecular weight excluding hydrogens is 292 g/mol. The molecule has 7 heteroatoms. The summed E-state index contributed by atoms with van der Waals surface area (Å²) < 4.78 is 26.8. The molecule has 2 aromatic rings. The van der Waals surface area contributed by atoms with E-state index < -0.39 is 10.0 Å². The first-order valence-electron chi connectivity index (χ1n) is 5.03. The van der Waals surface area contributed by atoms with Crippen LogP contribution in [0.1, 0.15) is 4.88 Å². The lowest BCUT2D eigenvalue weighted by Gasteiger charge is -2.09. The molecule has 0 saturated heterocycles. The fourth-order valence-corrected chi connectivity index (χ4v) is 3.93. The standard InChI is InChI=1S/C11H11ClN2O2S2/c1-7-2-5-11(17-7)18(15,16)14-10-4-3-8(12)6-9(10)13/h2-6,14H,13H2,1H3. The highest BCUT2D eigenvalue weighted by Crippen LogP contribution is 2.27. The monoisotopic (exact) mass is 302 g/mol. The Kier molecular flexibility index (Phi) is 3.52. The van der Waals surface area contributed by atoms with Crippen LogP contribution in [0.2, 0.25) is 5.02 Å². The van der Waals surface area contributed by atoms with Crippen LogP contribution in [0.15, 0.2) is 34.5 Å². The fourth-order valence-electron chi connectivity index (χ4n) is 1.38. The minimum absolute atomic E-state index is 0.259. The van der Waals surface area contributed by atoms with E-state index in [9.17, 15) is 8.42 Å². The maximum atomic E-state index is 12.1. The summed E-state index contributed by atoms with van der Waals surface area (Å²) in [4.78, 5) is 0.930. The van der Waals surface area contributed by atoms with Crippen LogP contribution in [0, 0.1) is 6.92 Å². The molecule has 1 aromatic carbocycles. The predicted octanol–water partition coefficient (Wildman–Crippen LogP) is 3.09. The normalized spacial score (nSPS) is 11.4. The molecule has 0 amide bonds. The summed E-state index contributed by atoms with van der Waals surface area (Å²) in [6.45, 7) is 1.85. The molecule has 0 aliphatic rings. The number of halogens is 1. The number of anilines is 2. The van der Waals surface area contributed by atoms with Gasteiger partial charge in [0.1, 0.15) is 4.21 Å². The number of benzene rings is 1. The van der Waals surface area contributed by atoms with Gasteiger partial charge < -0.3 is 5.73 Å². The first kappa shape index (κ1) is 13.2. The Labute approximate surface area is 114 Å². The molecule has 96 valence electrons. The summed E-state index contributed by atoms with van der Waals surface area (Å²) >= 11 is 6.96. The average molecular weight is 303 g/mol. The van der Waals surface area contributed by atoms with Crippen molar-refractivity contribution in [1.29, 1.82) is 0 Å². The molecule has 18 heavy (non-hydrogen) atoms. The van der Waals surface area contributed by atoms with E-state index >= 15 is 0 Å². The molecule has 0 unspecified atom stereocenters. The molecule has 0 atom stereocenters. The Morgan fingerprint density at radius 1 is 1.28 bits per heavy atom. The third-order valence-corrected chi connectivity index (χ3v) is 5.33. The van der Waals surface area contributed by atoms with E-state index in [1.807, 2.05) is 6.92 Å². The molecule has 2 rings (SSSR count). The second-order valence-electron chi connectivity index (χ2n) is 3.70. The third-order valence-electron chi connectivity index (χ3n) is 2.24. The Bertz CT molecular complexity index is 680. The van der Waals surface area contributed by atoms with Gasteiger partial charge in [0.15, 0.2) is 0 Å². The van der Waals surface area contributed by atoms with Gasteiger partial charge in [0, 0.05) is 9.90 Å². The van der Waals surface area contributed by atoms with Gasteiger partial charge in [-0.05, 0) is 37.3 Å². The van der Waals surface area contributed by atoms with E-state index in [0.29, 0.717) is 16.4 Å². The SMILES string of the molecule is Cc1ccc(S(=O)(=O)Nc2ccc(Cl)cc2N)s1. The van der Waals surface area contributed by atoms with Gasteiger partial charge in [0.2, 0.25) is 0 Å². The van der Waals surface area contributed by atoms with E-state index in [0.717, 1.165) is 4.88 Å². The molecule has 3 N–H and O–H groups in total. The first-order chi connectivity index (χ1) is 8.38. The van der Waals surface area contributed by atoms with Gasteiger partial charge in [-0.15, -0.1) is 11.3 Å². The van der Waals surface area contributed by atoms with Crippen molar-refractivity contribution in [3.8, 4) is 0 Å². The molecule has 0 aliphatic heterocycles. The largest absolute Gasteiger partial charge is 0.397 e. The van der Waals surface area contributed by atoms with Crippen LogP contribution in [0.3, 0.4) is 0 Å². The van der Waals surface area contributed by atoms with E-state index in [1.54, 1.807) is 18.2 Å². The summed E-state index contributed by atoms with van der Waals surface area (Å²) in [5, 5.41) is 0.461. The molecule has 1 aromatic heterocycles. The van der Waals surface area contributed by atoms with Crippen LogP contribution in [-0.2, 0) is 10.0 Å². The van der Waals surface area contributed by atoms with Crippen LogP contribution in [-0.4, -0.2) is 8.42 Å². The predicted molar refractivity (Wildman–Crippen MR) is 75.7 cm³/mol. The zero-order valence-electron chi connectivity index (χ0n) is 9.48. The van der Waals surface area contributed by atoms with Crippen molar-refractivity contribution >= 4 is 44.3 Å². The van der Waals surface area contributed by atoms with E-state index in [1.165, 1.54) is 23.5 Å². The lowest BCUT2D eigenvalue weighted by Crippen LogP contribution is -2.12. The highest BCUT2D eigenvalue weighted by Gasteiger charge is 2.17. The Morgan fingerprint density at radius 3 is 2.56 bits per heavy atom. The summed E-state index contributed by atoms with van der Waals surface area (Å²) in [5.74, 6) is 0. The number of hydrogen-bond acceptors (Lipinski definition) is 4. The summed E-state index contributed by atoms with van der Waals surface area (Å²) in [6, 6.07) is 7.93. The molecule has 0 radical (unpaired) electrons. The van der Waals surface area contributed by atoms with Crippen molar-refractivity contribution in [2.45, 2.75) is 11.1 Å². The number of nitrogen functional groups attached to an aromatic ring is 1. The number of nitrogens with one attached hydrogen (secondary N) is 1. The Balaban J connectivity index is 2.33. The van der Waals surface area contributed by atoms with Gasteiger partial charge in [0.05, 0.1) is 11.4 Å². The number of nitrogens with two attached hydrogens (primary N) is 1. The van der Waals surface area contributed by atoms with Crippen molar-refractivity contribution in [2.75, 3.05) is 10.5 Å². The van der Waals surface area contributed by atoms with Crippen LogP contribution >= 0.6 is 22.9 Å². The lowest BCUT2D eigenvalue weighted by molar-refractivity contribution is 0.603. The minimum atomic E-state index is -3.58. The molecule has 0 spiro atoms. The smallest absolute Gasteiger partial charge is 0.271 e.